The third kappa shape index (κ3) is 2.79. The maximum atomic E-state index is 13.3. The van der Waals surface area contributed by atoms with E-state index < -0.39 is 0 Å². The quantitative estimate of drug-likeness (QED) is 0.783. The van der Waals surface area contributed by atoms with Gasteiger partial charge in [-0.2, -0.15) is 0 Å². The molecule has 1 rings (SSSR count). The lowest BCUT2D eigenvalue weighted by molar-refractivity contribution is 0.169. The number of hydrogen-bond acceptors (Lipinski definition) is 2. The van der Waals surface area contributed by atoms with Gasteiger partial charge in [-0.15, -0.1) is 0 Å². The number of ether oxygens (including phenoxy) is 1. The number of rotatable bonds is 5. The van der Waals surface area contributed by atoms with Gasteiger partial charge in [0.25, 0.3) is 0 Å². The van der Waals surface area contributed by atoms with Gasteiger partial charge in [-0.25, -0.2) is 4.39 Å². The van der Waals surface area contributed by atoms with Crippen molar-refractivity contribution in [2.24, 2.45) is 0 Å². The van der Waals surface area contributed by atoms with Gasteiger partial charge in [-0.1, -0.05) is 18.2 Å². The summed E-state index contributed by atoms with van der Waals surface area (Å²) in [5, 5.41) is 9.11. The van der Waals surface area contributed by atoms with E-state index in [-0.39, 0.29) is 18.3 Å². The van der Waals surface area contributed by atoms with Crippen LogP contribution in [0.15, 0.2) is 24.3 Å². The van der Waals surface area contributed by atoms with Crippen LogP contribution in [0.1, 0.15) is 17.9 Å². The molecule has 1 atom stereocenters. The number of benzene rings is 1. The highest BCUT2D eigenvalue weighted by Crippen LogP contribution is 2.21. The summed E-state index contributed by atoms with van der Waals surface area (Å²) in [6.07, 6.45) is 0.633. The van der Waals surface area contributed by atoms with Gasteiger partial charge in [0.05, 0.1) is 6.61 Å². The van der Waals surface area contributed by atoms with Crippen LogP contribution in [0.4, 0.5) is 4.39 Å². The third-order valence-corrected chi connectivity index (χ3v) is 2.24. The minimum absolute atomic E-state index is 0.0513. The van der Waals surface area contributed by atoms with Crippen LogP contribution in [0.3, 0.4) is 0 Å². The molecule has 0 saturated heterocycles. The summed E-state index contributed by atoms with van der Waals surface area (Å²) in [6.45, 7) is 0.476. The molecular formula is C11H15FO2. The Morgan fingerprint density at radius 1 is 1.43 bits per heavy atom. The Kier molecular flexibility index (Phi) is 4.56. The highest BCUT2D eigenvalue weighted by molar-refractivity contribution is 5.21. The molecule has 0 amide bonds. The van der Waals surface area contributed by atoms with Crippen LogP contribution in [0.25, 0.3) is 0 Å². The van der Waals surface area contributed by atoms with Crippen molar-refractivity contribution in [1.29, 1.82) is 0 Å². The molecule has 0 aromatic heterocycles. The summed E-state index contributed by atoms with van der Waals surface area (Å²) < 4.78 is 18.2. The van der Waals surface area contributed by atoms with Crippen molar-refractivity contribution in [3.8, 4) is 0 Å². The van der Waals surface area contributed by atoms with Crippen LogP contribution in [-0.4, -0.2) is 25.4 Å². The van der Waals surface area contributed by atoms with E-state index in [1.54, 1.807) is 25.3 Å². The second-order valence-corrected chi connectivity index (χ2v) is 3.18. The molecule has 0 spiro atoms. The van der Waals surface area contributed by atoms with Crippen molar-refractivity contribution < 1.29 is 14.2 Å². The van der Waals surface area contributed by atoms with Crippen LogP contribution < -0.4 is 0 Å². The van der Waals surface area contributed by atoms with Crippen molar-refractivity contribution in [2.75, 3.05) is 20.3 Å². The molecule has 1 N–H and O–H groups in total. The molecule has 0 aliphatic carbocycles. The van der Waals surface area contributed by atoms with Crippen LogP contribution >= 0.6 is 0 Å². The third-order valence-electron chi connectivity index (χ3n) is 2.24. The number of hydrogen-bond donors (Lipinski definition) is 1. The monoisotopic (exact) mass is 198 g/mol. The molecule has 1 aromatic carbocycles. The fourth-order valence-corrected chi connectivity index (χ4v) is 1.41. The van der Waals surface area contributed by atoms with Crippen molar-refractivity contribution in [3.63, 3.8) is 0 Å². The Morgan fingerprint density at radius 3 is 2.71 bits per heavy atom. The first-order chi connectivity index (χ1) is 6.79. The molecule has 0 radical (unpaired) electrons. The smallest absolute Gasteiger partial charge is 0.126 e. The molecule has 0 aliphatic rings. The number of halogens is 1. The van der Waals surface area contributed by atoms with Crippen molar-refractivity contribution in [2.45, 2.75) is 12.3 Å². The average Bonchev–Trinajstić information content (AvgIpc) is 2.21. The van der Waals surface area contributed by atoms with Gasteiger partial charge in [0.2, 0.25) is 0 Å². The van der Waals surface area contributed by atoms with E-state index in [4.69, 9.17) is 9.84 Å². The molecule has 78 valence electrons. The van der Waals surface area contributed by atoms with Crippen LogP contribution in [-0.2, 0) is 4.74 Å². The van der Waals surface area contributed by atoms with E-state index in [2.05, 4.69) is 0 Å². The Balaban J connectivity index is 2.73. The summed E-state index contributed by atoms with van der Waals surface area (Å²) in [5.74, 6) is -0.432. The van der Waals surface area contributed by atoms with E-state index >= 15 is 0 Å². The summed E-state index contributed by atoms with van der Waals surface area (Å²) >= 11 is 0. The molecule has 0 fully saturated rings. The van der Waals surface area contributed by atoms with Gasteiger partial charge in [0, 0.05) is 19.6 Å². The van der Waals surface area contributed by atoms with E-state index in [1.807, 2.05) is 0 Å². The molecule has 3 heteroatoms. The van der Waals surface area contributed by atoms with Gasteiger partial charge in [-0.05, 0) is 18.1 Å². The normalized spacial score (nSPS) is 12.8. The van der Waals surface area contributed by atoms with E-state index in [0.29, 0.717) is 18.6 Å². The topological polar surface area (TPSA) is 29.5 Å². The highest BCUT2D eigenvalue weighted by Gasteiger charge is 2.13. The number of aliphatic hydroxyl groups is 1. The minimum Gasteiger partial charge on any atom is -0.396 e. The van der Waals surface area contributed by atoms with Crippen LogP contribution in [0.2, 0.25) is 0 Å². The lowest BCUT2D eigenvalue weighted by atomic mass is 9.96. The first-order valence-electron chi connectivity index (χ1n) is 4.63. The summed E-state index contributed by atoms with van der Waals surface area (Å²) in [5.41, 5.74) is 0.562. The van der Waals surface area contributed by atoms with Crippen molar-refractivity contribution >= 4 is 0 Å². The van der Waals surface area contributed by atoms with Gasteiger partial charge in [-0.3, -0.25) is 0 Å². The fraction of sp³-hybridized carbons (Fsp3) is 0.455. The lowest BCUT2D eigenvalue weighted by Gasteiger charge is -2.14. The molecule has 0 aliphatic heterocycles. The van der Waals surface area contributed by atoms with Gasteiger partial charge in [0.1, 0.15) is 5.82 Å². The molecule has 14 heavy (non-hydrogen) atoms. The predicted octanol–water partition coefficient (Wildman–Crippen LogP) is 1.94. The Bertz CT molecular complexity index is 276. The van der Waals surface area contributed by atoms with Crippen LogP contribution in [0, 0.1) is 5.82 Å². The van der Waals surface area contributed by atoms with Gasteiger partial charge < -0.3 is 9.84 Å². The number of aliphatic hydroxyl groups excluding tert-OH is 1. The zero-order valence-electron chi connectivity index (χ0n) is 8.24. The Morgan fingerprint density at radius 2 is 2.14 bits per heavy atom. The van der Waals surface area contributed by atoms with E-state index in [9.17, 15) is 4.39 Å². The van der Waals surface area contributed by atoms with Gasteiger partial charge in [0.15, 0.2) is 0 Å². The van der Waals surface area contributed by atoms with E-state index in [0.717, 1.165) is 0 Å². The second kappa shape index (κ2) is 5.73. The van der Waals surface area contributed by atoms with Crippen molar-refractivity contribution in [1.82, 2.24) is 0 Å². The predicted molar refractivity (Wildman–Crippen MR) is 52.7 cm³/mol. The first-order valence-corrected chi connectivity index (χ1v) is 4.63. The maximum Gasteiger partial charge on any atom is 0.126 e. The molecule has 1 aromatic rings. The Hall–Kier alpha value is -0.930. The molecule has 2 nitrogen and oxygen atoms in total. The first kappa shape index (κ1) is 11.1. The highest BCUT2D eigenvalue weighted by atomic mass is 19.1. The minimum atomic E-state index is -0.261. The standard InChI is InChI=1S/C11H15FO2/c1-14-7-6-9(8-13)10-4-2-3-5-11(10)12/h2-5,9,13H,6-8H2,1H3. The largest absolute Gasteiger partial charge is 0.396 e. The maximum absolute atomic E-state index is 13.3. The van der Waals surface area contributed by atoms with E-state index in [1.165, 1.54) is 6.07 Å². The summed E-state index contributed by atoms with van der Waals surface area (Å²) in [4.78, 5) is 0. The molecule has 0 saturated carbocycles. The molecule has 0 bridgehead atoms. The van der Waals surface area contributed by atoms with Crippen LogP contribution in [0.5, 0.6) is 0 Å². The zero-order valence-corrected chi connectivity index (χ0v) is 8.24. The van der Waals surface area contributed by atoms with Crippen molar-refractivity contribution in [3.05, 3.63) is 35.6 Å². The SMILES string of the molecule is COCCC(CO)c1ccccc1F. The molecule has 1 unspecified atom stereocenters. The summed E-state index contributed by atoms with van der Waals surface area (Å²) in [7, 11) is 1.59. The zero-order chi connectivity index (χ0) is 10.4. The average molecular weight is 198 g/mol. The lowest BCUT2D eigenvalue weighted by Crippen LogP contribution is -2.09. The Labute approximate surface area is 83.3 Å². The fourth-order valence-electron chi connectivity index (χ4n) is 1.41. The molecule has 0 heterocycles. The molecular weight excluding hydrogens is 183 g/mol. The second-order valence-electron chi connectivity index (χ2n) is 3.18. The van der Waals surface area contributed by atoms with Gasteiger partial charge >= 0.3 is 0 Å². The number of methoxy groups -OCH3 is 1. The summed E-state index contributed by atoms with van der Waals surface area (Å²) in [6, 6.07) is 6.52.